The summed E-state index contributed by atoms with van der Waals surface area (Å²) in [7, 11) is -3.66. The van der Waals surface area contributed by atoms with E-state index in [9.17, 15) is 13.2 Å². The SMILES string of the molecule is Cc1cc(S(=O)(=O)NCc2ccccc2)ccc1OCC(=O)N[C@@H](C)c1ccccc1. The molecule has 0 saturated carbocycles. The Kier molecular flexibility index (Phi) is 7.44. The van der Waals surface area contributed by atoms with Crippen molar-refractivity contribution in [1.82, 2.24) is 10.0 Å². The van der Waals surface area contributed by atoms with E-state index in [-0.39, 0.29) is 30.0 Å². The molecule has 3 aromatic carbocycles. The largest absolute Gasteiger partial charge is 0.484 e. The lowest BCUT2D eigenvalue weighted by Crippen LogP contribution is -2.31. The van der Waals surface area contributed by atoms with Crippen molar-refractivity contribution in [3.63, 3.8) is 0 Å². The molecule has 0 aliphatic heterocycles. The van der Waals surface area contributed by atoms with E-state index in [0.29, 0.717) is 11.3 Å². The predicted molar refractivity (Wildman–Crippen MR) is 120 cm³/mol. The number of amides is 1. The number of nitrogens with one attached hydrogen (secondary N) is 2. The molecule has 162 valence electrons. The number of carbonyl (C=O) groups excluding carboxylic acids is 1. The van der Waals surface area contributed by atoms with Gasteiger partial charge in [0.2, 0.25) is 10.0 Å². The van der Waals surface area contributed by atoms with E-state index < -0.39 is 10.0 Å². The first kappa shape index (κ1) is 22.5. The average Bonchev–Trinajstić information content (AvgIpc) is 2.78. The minimum Gasteiger partial charge on any atom is -0.484 e. The maximum atomic E-state index is 12.6. The topological polar surface area (TPSA) is 84.5 Å². The summed E-state index contributed by atoms with van der Waals surface area (Å²) in [6.07, 6.45) is 0. The van der Waals surface area contributed by atoms with Crippen molar-refractivity contribution in [2.45, 2.75) is 31.3 Å². The first-order chi connectivity index (χ1) is 14.8. The van der Waals surface area contributed by atoms with Crippen molar-refractivity contribution >= 4 is 15.9 Å². The number of carbonyl (C=O) groups is 1. The number of hydrogen-bond acceptors (Lipinski definition) is 4. The quantitative estimate of drug-likeness (QED) is 0.533. The summed E-state index contributed by atoms with van der Waals surface area (Å²) >= 11 is 0. The molecule has 1 atom stereocenters. The van der Waals surface area contributed by atoms with Gasteiger partial charge in [0, 0.05) is 6.54 Å². The predicted octanol–water partition coefficient (Wildman–Crippen LogP) is 3.73. The van der Waals surface area contributed by atoms with E-state index in [0.717, 1.165) is 11.1 Å². The molecule has 0 unspecified atom stereocenters. The summed E-state index contributed by atoms with van der Waals surface area (Å²) < 4.78 is 33.3. The number of rotatable bonds is 9. The molecule has 0 aromatic heterocycles. The summed E-state index contributed by atoms with van der Waals surface area (Å²) in [5.74, 6) is 0.210. The zero-order valence-corrected chi connectivity index (χ0v) is 18.4. The van der Waals surface area contributed by atoms with Gasteiger partial charge in [-0.15, -0.1) is 0 Å². The zero-order valence-electron chi connectivity index (χ0n) is 17.5. The van der Waals surface area contributed by atoms with Crippen LogP contribution in [0.15, 0.2) is 83.8 Å². The fraction of sp³-hybridized carbons (Fsp3) is 0.208. The number of aryl methyl sites for hydroxylation is 1. The smallest absolute Gasteiger partial charge is 0.258 e. The van der Waals surface area contributed by atoms with Crippen LogP contribution in [0.2, 0.25) is 0 Å². The van der Waals surface area contributed by atoms with Crippen molar-refractivity contribution in [3.05, 3.63) is 95.6 Å². The van der Waals surface area contributed by atoms with E-state index >= 15 is 0 Å². The Labute approximate surface area is 183 Å². The van der Waals surface area contributed by atoms with E-state index in [4.69, 9.17) is 4.74 Å². The maximum Gasteiger partial charge on any atom is 0.258 e. The Balaban J connectivity index is 1.57. The lowest BCUT2D eigenvalue weighted by Gasteiger charge is -2.15. The van der Waals surface area contributed by atoms with Crippen LogP contribution in [-0.4, -0.2) is 20.9 Å². The number of hydrogen-bond donors (Lipinski definition) is 2. The van der Waals surface area contributed by atoms with Crippen LogP contribution in [0.3, 0.4) is 0 Å². The van der Waals surface area contributed by atoms with Gasteiger partial charge in [0.05, 0.1) is 10.9 Å². The van der Waals surface area contributed by atoms with E-state index in [1.165, 1.54) is 12.1 Å². The molecule has 31 heavy (non-hydrogen) atoms. The Morgan fingerprint density at radius 1 is 0.968 bits per heavy atom. The molecule has 0 aliphatic carbocycles. The van der Waals surface area contributed by atoms with E-state index in [1.54, 1.807) is 13.0 Å². The molecule has 3 aromatic rings. The van der Waals surface area contributed by atoms with Crippen molar-refractivity contribution in [1.29, 1.82) is 0 Å². The highest BCUT2D eigenvalue weighted by Crippen LogP contribution is 2.22. The molecule has 0 aliphatic rings. The molecule has 0 spiro atoms. The van der Waals surface area contributed by atoms with Crippen LogP contribution in [0.25, 0.3) is 0 Å². The van der Waals surface area contributed by atoms with Crippen molar-refractivity contribution in [2.75, 3.05) is 6.61 Å². The standard InChI is InChI=1S/C24H26N2O4S/c1-18-15-22(31(28,29)25-16-20-9-5-3-6-10-20)13-14-23(18)30-17-24(27)26-19(2)21-11-7-4-8-12-21/h3-15,19,25H,16-17H2,1-2H3,(H,26,27)/t19-/m0/s1. The summed E-state index contributed by atoms with van der Waals surface area (Å²) in [5, 5.41) is 2.88. The molecule has 0 bridgehead atoms. The molecule has 0 saturated heterocycles. The van der Waals surface area contributed by atoms with Crippen molar-refractivity contribution in [2.24, 2.45) is 0 Å². The third-order valence-electron chi connectivity index (χ3n) is 4.80. The van der Waals surface area contributed by atoms with Crippen LogP contribution in [0.1, 0.15) is 29.7 Å². The van der Waals surface area contributed by atoms with Gasteiger partial charge in [0.25, 0.3) is 5.91 Å². The lowest BCUT2D eigenvalue weighted by atomic mass is 10.1. The van der Waals surface area contributed by atoms with Crippen molar-refractivity contribution < 1.29 is 17.9 Å². The number of ether oxygens (including phenoxy) is 1. The van der Waals surface area contributed by atoms with Gasteiger partial charge in [0.15, 0.2) is 6.61 Å². The van der Waals surface area contributed by atoms with Gasteiger partial charge >= 0.3 is 0 Å². The van der Waals surface area contributed by atoms with Gasteiger partial charge in [-0.2, -0.15) is 0 Å². The molecule has 0 radical (unpaired) electrons. The first-order valence-electron chi connectivity index (χ1n) is 9.96. The average molecular weight is 439 g/mol. The Morgan fingerprint density at radius 3 is 2.26 bits per heavy atom. The second-order valence-electron chi connectivity index (χ2n) is 7.23. The third-order valence-corrected chi connectivity index (χ3v) is 6.20. The van der Waals surface area contributed by atoms with Crippen LogP contribution < -0.4 is 14.8 Å². The third kappa shape index (κ3) is 6.41. The summed E-state index contributed by atoms with van der Waals surface area (Å²) in [6, 6.07) is 23.4. The van der Waals surface area contributed by atoms with Gasteiger partial charge < -0.3 is 10.1 Å². The van der Waals surface area contributed by atoms with Crippen molar-refractivity contribution in [3.8, 4) is 5.75 Å². The van der Waals surface area contributed by atoms with Gasteiger partial charge in [0.1, 0.15) is 5.75 Å². The molecule has 0 fully saturated rings. The molecule has 7 heteroatoms. The van der Waals surface area contributed by atoms with Gasteiger partial charge in [-0.25, -0.2) is 13.1 Å². The minimum atomic E-state index is -3.66. The Hall–Kier alpha value is -3.16. The molecular weight excluding hydrogens is 412 g/mol. The second kappa shape index (κ2) is 10.2. The first-order valence-corrected chi connectivity index (χ1v) is 11.4. The molecular formula is C24H26N2O4S. The summed E-state index contributed by atoms with van der Waals surface area (Å²) in [5.41, 5.74) is 2.51. The fourth-order valence-electron chi connectivity index (χ4n) is 3.06. The normalized spacial score (nSPS) is 12.2. The number of sulfonamides is 1. The molecule has 2 N–H and O–H groups in total. The fourth-order valence-corrected chi connectivity index (χ4v) is 4.16. The lowest BCUT2D eigenvalue weighted by molar-refractivity contribution is -0.123. The van der Waals surface area contributed by atoms with Crippen LogP contribution in [0.5, 0.6) is 5.75 Å². The second-order valence-corrected chi connectivity index (χ2v) is 8.99. The van der Waals surface area contributed by atoms with Gasteiger partial charge in [-0.05, 0) is 48.7 Å². The van der Waals surface area contributed by atoms with Crippen LogP contribution in [0, 0.1) is 6.92 Å². The highest BCUT2D eigenvalue weighted by atomic mass is 32.2. The molecule has 6 nitrogen and oxygen atoms in total. The highest BCUT2D eigenvalue weighted by Gasteiger charge is 2.16. The molecule has 0 heterocycles. The monoisotopic (exact) mass is 438 g/mol. The van der Waals surface area contributed by atoms with Crippen LogP contribution in [0.4, 0.5) is 0 Å². The van der Waals surface area contributed by atoms with E-state index in [1.807, 2.05) is 67.6 Å². The highest BCUT2D eigenvalue weighted by molar-refractivity contribution is 7.89. The minimum absolute atomic E-state index is 0.137. The van der Waals surface area contributed by atoms with E-state index in [2.05, 4.69) is 10.0 Å². The van der Waals surface area contributed by atoms with Crippen LogP contribution in [-0.2, 0) is 21.4 Å². The Morgan fingerprint density at radius 2 is 1.61 bits per heavy atom. The molecule has 3 rings (SSSR count). The number of benzene rings is 3. The maximum absolute atomic E-state index is 12.6. The molecule has 1 amide bonds. The van der Waals surface area contributed by atoms with Gasteiger partial charge in [-0.1, -0.05) is 60.7 Å². The summed E-state index contributed by atoms with van der Waals surface area (Å²) in [6.45, 7) is 3.70. The zero-order chi connectivity index (χ0) is 22.3. The van der Waals surface area contributed by atoms with Crippen LogP contribution >= 0.6 is 0 Å². The van der Waals surface area contributed by atoms with Gasteiger partial charge in [-0.3, -0.25) is 4.79 Å². The summed E-state index contributed by atoms with van der Waals surface area (Å²) in [4.78, 5) is 12.4. The Bertz CT molecular complexity index is 1120.